The zero-order chi connectivity index (χ0) is 21.3. The van der Waals surface area contributed by atoms with Crippen LogP contribution in [0.2, 0.25) is 0 Å². The molecule has 30 heavy (non-hydrogen) atoms. The molecule has 0 aliphatic carbocycles. The van der Waals surface area contributed by atoms with Crippen LogP contribution < -0.4 is 59.1 Å². The van der Waals surface area contributed by atoms with Crippen molar-refractivity contribution in [1.82, 2.24) is 0 Å². The molecule has 0 heterocycles. The summed E-state index contributed by atoms with van der Waals surface area (Å²) < 4.78 is 42.0. The summed E-state index contributed by atoms with van der Waals surface area (Å²) in [6.45, 7) is 4.50. The van der Waals surface area contributed by atoms with Crippen molar-refractivity contribution in [1.29, 1.82) is 0 Å². The van der Waals surface area contributed by atoms with Gasteiger partial charge in [-0.2, -0.15) is 8.42 Å². The van der Waals surface area contributed by atoms with Gasteiger partial charge in [0.1, 0.15) is 0 Å². The average Bonchev–Trinajstić information content (AvgIpc) is 2.63. The Labute approximate surface area is 227 Å². The molecule has 0 aromatic rings. The molecule has 0 aliphatic heterocycles. The summed E-state index contributed by atoms with van der Waals surface area (Å²) >= 11 is 0. The number of esters is 2. The quantitative estimate of drug-likeness (QED) is 0.112. The van der Waals surface area contributed by atoms with Crippen LogP contribution in [0.4, 0.5) is 0 Å². The minimum Gasteiger partial charge on any atom is -0.466 e. The van der Waals surface area contributed by atoms with Crippen molar-refractivity contribution in [3.8, 4) is 0 Å². The van der Waals surface area contributed by atoms with E-state index < -0.39 is 33.7 Å². The summed E-state index contributed by atoms with van der Waals surface area (Å²) in [6.07, 6.45) is 11.3. The maximum absolute atomic E-state index is 12.0. The summed E-state index contributed by atoms with van der Waals surface area (Å²) in [5, 5.41) is -1.93. The van der Waals surface area contributed by atoms with Crippen LogP contribution in [0, 0.1) is 0 Å². The van der Waals surface area contributed by atoms with Gasteiger partial charge in [0.2, 0.25) is 0 Å². The van der Waals surface area contributed by atoms with Crippen LogP contribution in [-0.2, 0) is 29.2 Å². The molecule has 1 unspecified atom stereocenters. The van der Waals surface area contributed by atoms with Gasteiger partial charge in [-0.1, -0.05) is 78.1 Å². The third-order valence-electron chi connectivity index (χ3n) is 4.48. The van der Waals surface area contributed by atoms with E-state index >= 15 is 0 Å². The van der Waals surface area contributed by atoms with Crippen molar-refractivity contribution in [2.45, 2.75) is 103 Å². The van der Waals surface area contributed by atoms with Crippen LogP contribution in [0.25, 0.3) is 0 Å². The zero-order valence-electron chi connectivity index (χ0n) is 19.5. The van der Waals surface area contributed by atoms with Crippen molar-refractivity contribution >= 4 is 22.1 Å². The van der Waals surface area contributed by atoms with Gasteiger partial charge >= 0.3 is 71.1 Å². The molecule has 166 valence electrons. The second-order valence-electron chi connectivity index (χ2n) is 7.13. The minimum absolute atomic E-state index is 0. The Morgan fingerprint density at radius 1 is 0.733 bits per heavy atom. The molecule has 0 aromatic carbocycles. The Morgan fingerprint density at radius 3 is 1.57 bits per heavy atom. The molecular formula is C20H38Na2O7S+2. The summed E-state index contributed by atoms with van der Waals surface area (Å²) in [5.74, 6) is -1.93. The van der Waals surface area contributed by atoms with E-state index in [-0.39, 0.29) is 72.3 Å². The Bertz CT molecular complexity index is 527. The predicted molar refractivity (Wildman–Crippen MR) is 109 cm³/mol. The van der Waals surface area contributed by atoms with E-state index in [1.54, 1.807) is 0 Å². The molecule has 0 radical (unpaired) electrons. The third kappa shape index (κ3) is 20.7. The minimum atomic E-state index is -4.73. The molecule has 10 heteroatoms. The maximum atomic E-state index is 12.0. The number of hydrogen-bond donors (Lipinski definition) is 1. The molecule has 0 bridgehead atoms. The second-order valence-corrected chi connectivity index (χ2v) is 8.73. The summed E-state index contributed by atoms with van der Waals surface area (Å²) in [6, 6.07) is 0. The predicted octanol–water partition coefficient (Wildman–Crippen LogP) is -1.55. The number of carbonyl (C=O) groups is 2. The van der Waals surface area contributed by atoms with Gasteiger partial charge in [-0.05, 0) is 12.8 Å². The van der Waals surface area contributed by atoms with Gasteiger partial charge in [0.15, 0.2) is 5.25 Å². The number of unbranched alkanes of at least 4 members (excludes halogenated alkanes) is 10. The number of carbonyl (C=O) groups excluding carboxylic acids is 2. The fraction of sp³-hybridized carbons (Fsp3) is 0.900. The molecule has 7 nitrogen and oxygen atoms in total. The van der Waals surface area contributed by atoms with E-state index in [2.05, 4.69) is 13.8 Å². The van der Waals surface area contributed by atoms with Gasteiger partial charge in [-0.15, -0.1) is 0 Å². The third-order valence-corrected chi connectivity index (χ3v) is 5.56. The van der Waals surface area contributed by atoms with Gasteiger partial charge in [-0.25, -0.2) is 0 Å². The van der Waals surface area contributed by atoms with Crippen LogP contribution in [0.5, 0.6) is 0 Å². The van der Waals surface area contributed by atoms with Gasteiger partial charge < -0.3 is 9.47 Å². The molecule has 0 amide bonds. The molecular weight excluding hydrogens is 430 g/mol. The van der Waals surface area contributed by atoms with Gasteiger partial charge in [0.25, 0.3) is 10.1 Å². The first-order valence-corrected chi connectivity index (χ1v) is 12.1. The van der Waals surface area contributed by atoms with Crippen molar-refractivity contribution in [2.24, 2.45) is 0 Å². The van der Waals surface area contributed by atoms with Crippen LogP contribution in [0.1, 0.15) is 97.3 Å². The second kappa shape index (κ2) is 23.0. The average molecular weight is 469 g/mol. The molecule has 0 aromatic heterocycles. The topological polar surface area (TPSA) is 107 Å². The molecule has 1 atom stereocenters. The number of hydrogen-bond acceptors (Lipinski definition) is 6. The van der Waals surface area contributed by atoms with Gasteiger partial charge in [0.05, 0.1) is 19.6 Å². The Kier molecular flexibility index (Phi) is 27.2. The molecule has 1 N–H and O–H groups in total. The van der Waals surface area contributed by atoms with Crippen LogP contribution in [-0.4, -0.2) is 43.4 Å². The fourth-order valence-electron chi connectivity index (χ4n) is 2.74. The maximum Gasteiger partial charge on any atom is 1.00 e. The monoisotopic (exact) mass is 468 g/mol. The number of rotatable bonds is 18. The molecule has 0 rings (SSSR count). The van der Waals surface area contributed by atoms with Gasteiger partial charge in [0, 0.05) is 0 Å². The zero-order valence-corrected chi connectivity index (χ0v) is 24.3. The van der Waals surface area contributed by atoms with E-state index in [1.165, 1.54) is 6.42 Å². The smallest absolute Gasteiger partial charge is 0.466 e. The normalized spacial score (nSPS) is 11.7. The number of ether oxygens (including phenoxy) is 2. The summed E-state index contributed by atoms with van der Waals surface area (Å²) in [4.78, 5) is 23.8. The van der Waals surface area contributed by atoms with Gasteiger partial charge in [-0.3, -0.25) is 14.1 Å². The van der Waals surface area contributed by atoms with Crippen molar-refractivity contribution in [3.63, 3.8) is 0 Å². The van der Waals surface area contributed by atoms with E-state index in [9.17, 15) is 22.6 Å². The molecule has 0 aliphatic rings. The van der Waals surface area contributed by atoms with Crippen LogP contribution in [0.15, 0.2) is 0 Å². The Morgan fingerprint density at radius 2 is 1.13 bits per heavy atom. The van der Waals surface area contributed by atoms with E-state index in [4.69, 9.17) is 9.47 Å². The van der Waals surface area contributed by atoms with Crippen molar-refractivity contribution < 1.29 is 91.1 Å². The standard InChI is InChI=1S/C20H38O7S.2Na/c1-3-5-7-9-11-13-15-26-19(21)17-18(28(23,24)25)20(22)27-16-14-12-10-8-6-4-2;;/h18H,3-17H2,1-2H3,(H,23,24,25);;/q;2*+1. The van der Waals surface area contributed by atoms with Crippen LogP contribution >= 0.6 is 0 Å². The largest absolute Gasteiger partial charge is 1.00 e. The summed E-state index contributed by atoms with van der Waals surface area (Å²) in [5.41, 5.74) is 0. The van der Waals surface area contributed by atoms with E-state index in [1.807, 2.05) is 0 Å². The Balaban J connectivity index is -0.00000364. The summed E-state index contributed by atoms with van der Waals surface area (Å²) in [7, 11) is -4.73. The molecule has 0 saturated heterocycles. The SMILES string of the molecule is CCCCCCCCOC(=O)CC(C(=O)OCCCCCCCC)S(=O)(=O)O.[Na+].[Na+]. The molecule has 0 fully saturated rings. The van der Waals surface area contributed by atoms with E-state index in [0.29, 0.717) is 12.8 Å². The molecule has 0 saturated carbocycles. The van der Waals surface area contributed by atoms with Crippen molar-refractivity contribution in [2.75, 3.05) is 13.2 Å². The van der Waals surface area contributed by atoms with Crippen molar-refractivity contribution in [3.05, 3.63) is 0 Å². The van der Waals surface area contributed by atoms with E-state index in [0.717, 1.165) is 57.8 Å². The first-order valence-electron chi connectivity index (χ1n) is 10.6. The molecule has 0 spiro atoms. The Hall–Kier alpha value is 0.850. The first kappa shape index (κ1) is 35.4. The first-order chi connectivity index (χ1) is 13.3. The van der Waals surface area contributed by atoms with Crippen LogP contribution in [0.3, 0.4) is 0 Å². The fourth-order valence-corrected chi connectivity index (χ4v) is 3.39.